The Balaban J connectivity index is 3.07. The normalized spacial score (nSPS) is 9.30. The van der Waals surface area contributed by atoms with Gasteiger partial charge in [-0.3, -0.25) is 4.79 Å². The van der Waals surface area contributed by atoms with Crippen LogP contribution in [0.2, 0.25) is 0 Å². The van der Waals surface area contributed by atoms with Gasteiger partial charge in [0.15, 0.2) is 0 Å². The number of amides is 1. The minimum atomic E-state index is -0.612. The zero-order valence-corrected chi connectivity index (χ0v) is 5.17. The molecule has 0 radical (unpaired) electrons. The molecule has 0 saturated carbocycles. The van der Waals surface area contributed by atoms with Gasteiger partial charge in [0.1, 0.15) is 5.82 Å². The molecule has 0 unspecified atom stereocenters. The van der Waals surface area contributed by atoms with Crippen LogP contribution in [0, 0.1) is 5.82 Å². The molecule has 0 fully saturated rings. The van der Waals surface area contributed by atoms with E-state index in [2.05, 4.69) is 0 Å². The molecule has 0 saturated heterocycles. The summed E-state index contributed by atoms with van der Waals surface area (Å²) in [4.78, 5) is 10.4. The topological polar surface area (TPSA) is 43.1 Å². The second kappa shape index (κ2) is 2.47. The molecule has 0 atom stereocenters. The SMILES string of the molecule is NC(=O)c1cccc(F)c1. The lowest BCUT2D eigenvalue weighted by atomic mass is 10.2. The number of carbonyl (C=O) groups is 1. The second-order valence-electron chi connectivity index (χ2n) is 1.87. The highest BCUT2D eigenvalue weighted by Crippen LogP contribution is 2.01. The summed E-state index contributed by atoms with van der Waals surface area (Å²) >= 11 is 0. The lowest BCUT2D eigenvalue weighted by molar-refractivity contribution is 0.1000. The smallest absolute Gasteiger partial charge is 0.248 e. The maximum atomic E-state index is 12.3. The average molecular weight is 139 g/mol. The predicted molar refractivity (Wildman–Crippen MR) is 34.9 cm³/mol. The molecular weight excluding hydrogens is 133 g/mol. The Hall–Kier alpha value is -1.38. The van der Waals surface area contributed by atoms with Crippen molar-refractivity contribution in [3.8, 4) is 0 Å². The Morgan fingerprint density at radius 2 is 2.20 bits per heavy atom. The quantitative estimate of drug-likeness (QED) is 0.617. The first kappa shape index (κ1) is 6.74. The summed E-state index contributed by atoms with van der Waals surface area (Å²) in [5.74, 6) is -1.06. The highest BCUT2D eigenvalue weighted by molar-refractivity contribution is 5.92. The largest absolute Gasteiger partial charge is 0.366 e. The number of hydrogen-bond acceptors (Lipinski definition) is 1. The maximum absolute atomic E-state index is 12.3. The van der Waals surface area contributed by atoms with Gasteiger partial charge >= 0.3 is 0 Å². The highest BCUT2D eigenvalue weighted by atomic mass is 19.1. The van der Waals surface area contributed by atoms with Crippen LogP contribution in [-0.4, -0.2) is 5.91 Å². The van der Waals surface area contributed by atoms with Crippen molar-refractivity contribution in [1.29, 1.82) is 0 Å². The number of halogens is 1. The van der Waals surface area contributed by atoms with Crippen LogP contribution in [0.1, 0.15) is 10.4 Å². The summed E-state index contributed by atoms with van der Waals surface area (Å²) < 4.78 is 12.3. The summed E-state index contributed by atoms with van der Waals surface area (Å²) in [6, 6.07) is 5.26. The van der Waals surface area contributed by atoms with Gasteiger partial charge in [-0.2, -0.15) is 0 Å². The maximum Gasteiger partial charge on any atom is 0.248 e. The van der Waals surface area contributed by atoms with E-state index >= 15 is 0 Å². The van der Waals surface area contributed by atoms with Crippen LogP contribution >= 0.6 is 0 Å². The first-order valence-corrected chi connectivity index (χ1v) is 2.75. The molecule has 0 aromatic heterocycles. The van der Waals surface area contributed by atoms with Crippen molar-refractivity contribution >= 4 is 5.91 Å². The number of carbonyl (C=O) groups excluding carboxylic acids is 1. The second-order valence-corrected chi connectivity index (χ2v) is 1.87. The molecule has 1 amide bonds. The monoisotopic (exact) mass is 139 g/mol. The van der Waals surface area contributed by atoms with Gasteiger partial charge in [-0.25, -0.2) is 4.39 Å². The van der Waals surface area contributed by atoms with E-state index in [0.717, 1.165) is 6.07 Å². The number of primary amides is 1. The van der Waals surface area contributed by atoms with E-state index in [4.69, 9.17) is 5.73 Å². The van der Waals surface area contributed by atoms with E-state index in [-0.39, 0.29) is 5.56 Å². The van der Waals surface area contributed by atoms with Gasteiger partial charge in [0.2, 0.25) is 5.91 Å². The van der Waals surface area contributed by atoms with E-state index in [1.807, 2.05) is 0 Å². The molecule has 52 valence electrons. The van der Waals surface area contributed by atoms with E-state index < -0.39 is 11.7 Å². The van der Waals surface area contributed by atoms with Gasteiger partial charge in [-0.15, -0.1) is 0 Å². The molecule has 1 rings (SSSR count). The Kier molecular flexibility index (Phi) is 1.67. The first-order valence-electron chi connectivity index (χ1n) is 2.75. The minimum absolute atomic E-state index is 0.194. The van der Waals surface area contributed by atoms with E-state index in [9.17, 15) is 9.18 Å². The fourth-order valence-corrected chi connectivity index (χ4v) is 0.642. The molecule has 0 heterocycles. The fourth-order valence-electron chi connectivity index (χ4n) is 0.642. The zero-order chi connectivity index (χ0) is 7.56. The molecule has 2 N–H and O–H groups in total. The summed E-state index contributed by atoms with van der Waals surface area (Å²) in [6.07, 6.45) is 0. The number of rotatable bonds is 1. The zero-order valence-electron chi connectivity index (χ0n) is 5.17. The van der Waals surface area contributed by atoms with E-state index in [1.54, 1.807) is 0 Å². The summed E-state index contributed by atoms with van der Waals surface area (Å²) in [7, 11) is 0. The van der Waals surface area contributed by atoms with Gasteiger partial charge in [0, 0.05) is 5.56 Å². The lowest BCUT2D eigenvalue weighted by Gasteiger charge is -1.92. The van der Waals surface area contributed by atoms with Crippen molar-refractivity contribution in [2.75, 3.05) is 0 Å². The summed E-state index contributed by atoms with van der Waals surface area (Å²) in [5.41, 5.74) is 5.07. The molecule has 1 aromatic rings. The molecule has 3 heteroatoms. The first-order chi connectivity index (χ1) is 4.70. The number of benzene rings is 1. The van der Waals surface area contributed by atoms with Crippen LogP contribution in [0.5, 0.6) is 0 Å². The van der Waals surface area contributed by atoms with Crippen LogP contribution in [0.4, 0.5) is 4.39 Å². The van der Waals surface area contributed by atoms with Crippen molar-refractivity contribution in [3.63, 3.8) is 0 Å². The summed E-state index contributed by atoms with van der Waals surface area (Å²) in [6.45, 7) is 0. The molecular formula is C7H6FNO. The molecule has 0 aliphatic carbocycles. The highest BCUT2D eigenvalue weighted by Gasteiger charge is 1.98. The molecule has 0 bridgehead atoms. The standard InChI is InChI=1S/C7H6FNO/c8-6-3-1-2-5(4-6)7(9)10/h1-4H,(H2,9,10). The van der Waals surface area contributed by atoms with E-state index in [1.165, 1.54) is 18.2 Å². The Bertz CT molecular complexity index is 260. The molecule has 0 aliphatic rings. The van der Waals surface area contributed by atoms with E-state index in [0.29, 0.717) is 0 Å². The molecule has 0 spiro atoms. The third-order valence-electron chi connectivity index (χ3n) is 1.11. The van der Waals surface area contributed by atoms with Crippen LogP contribution < -0.4 is 5.73 Å². The lowest BCUT2D eigenvalue weighted by Crippen LogP contribution is -2.10. The van der Waals surface area contributed by atoms with Crippen LogP contribution in [0.25, 0.3) is 0 Å². The van der Waals surface area contributed by atoms with Crippen molar-refractivity contribution in [2.45, 2.75) is 0 Å². The Labute approximate surface area is 57.5 Å². The van der Waals surface area contributed by atoms with Gasteiger partial charge < -0.3 is 5.73 Å². The summed E-state index contributed by atoms with van der Waals surface area (Å²) in [5, 5.41) is 0. The van der Waals surface area contributed by atoms with Gasteiger partial charge in [-0.1, -0.05) is 6.07 Å². The average Bonchev–Trinajstić information content (AvgIpc) is 1.88. The van der Waals surface area contributed by atoms with Crippen molar-refractivity contribution in [2.24, 2.45) is 5.73 Å². The molecule has 10 heavy (non-hydrogen) atoms. The minimum Gasteiger partial charge on any atom is -0.366 e. The fraction of sp³-hybridized carbons (Fsp3) is 0. The van der Waals surface area contributed by atoms with Crippen LogP contribution in [-0.2, 0) is 0 Å². The predicted octanol–water partition coefficient (Wildman–Crippen LogP) is 0.925. The number of nitrogens with two attached hydrogens (primary N) is 1. The van der Waals surface area contributed by atoms with Gasteiger partial charge in [-0.05, 0) is 18.2 Å². The third-order valence-corrected chi connectivity index (χ3v) is 1.11. The molecule has 2 nitrogen and oxygen atoms in total. The Morgan fingerprint density at radius 3 is 2.60 bits per heavy atom. The van der Waals surface area contributed by atoms with Crippen LogP contribution in [0.3, 0.4) is 0 Å². The Morgan fingerprint density at radius 1 is 1.50 bits per heavy atom. The van der Waals surface area contributed by atoms with Crippen LogP contribution in [0.15, 0.2) is 24.3 Å². The molecule has 0 aliphatic heterocycles. The molecule has 1 aromatic carbocycles. The van der Waals surface area contributed by atoms with Crippen molar-refractivity contribution in [3.05, 3.63) is 35.6 Å². The van der Waals surface area contributed by atoms with Crippen molar-refractivity contribution in [1.82, 2.24) is 0 Å². The van der Waals surface area contributed by atoms with Gasteiger partial charge in [0.05, 0.1) is 0 Å². The number of hydrogen-bond donors (Lipinski definition) is 1. The van der Waals surface area contributed by atoms with Gasteiger partial charge in [0.25, 0.3) is 0 Å². The third kappa shape index (κ3) is 1.31. The van der Waals surface area contributed by atoms with Crippen molar-refractivity contribution < 1.29 is 9.18 Å².